The van der Waals surface area contributed by atoms with Crippen molar-refractivity contribution in [2.24, 2.45) is 0 Å². The topological polar surface area (TPSA) is 38.0 Å². The fourth-order valence-corrected chi connectivity index (χ4v) is 1.76. The van der Waals surface area contributed by atoms with Crippen molar-refractivity contribution in [2.75, 3.05) is 0 Å². The Morgan fingerprint density at radius 2 is 2.07 bits per heavy atom. The van der Waals surface area contributed by atoms with E-state index in [9.17, 15) is 5.11 Å². The minimum atomic E-state index is -0.223. The Morgan fingerprint density at radius 3 is 2.50 bits per heavy atom. The maximum atomic E-state index is 9.23. The van der Waals surface area contributed by atoms with Crippen LogP contribution in [-0.4, -0.2) is 21.0 Å². The zero-order valence-corrected chi connectivity index (χ0v) is 9.54. The second kappa shape index (κ2) is 4.60. The first kappa shape index (κ1) is 11.2. The number of aromatic nitrogens is 2. The molecule has 0 aliphatic heterocycles. The molecule has 1 heterocycles. The van der Waals surface area contributed by atoms with Gasteiger partial charge in [-0.1, -0.05) is 0 Å². The third-order valence-electron chi connectivity index (χ3n) is 2.64. The van der Waals surface area contributed by atoms with Crippen LogP contribution in [0.15, 0.2) is 0 Å². The van der Waals surface area contributed by atoms with Gasteiger partial charge in [0.25, 0.3) is 0 Å². The van der Waals surface area contributed by atoms with E-state index in [1.165, 1.54) is 11.3 Å². The number of hydrogen-bond acceptors (Lipinski definition) is 2. The summed E-state index contributed by atoms with van der Waals surface area (Å²) >= 11 is 0. The largest absolute Gasteiger partial charge is 0.393 e. The molecule has 1 atom stereocenters. The Kier molecular flexibility index (Phi) is 3.69. The number of nitrogens with zero attached hydrogens (tertiary/aromatic N) is 2. The van der Waals surface area contributed by atoms with Crippen LogP contribution in [0, 0.1) is 13.8 Å². The van der Waals surface area contributed by atoms with Gasteiger partial charge in [-0.2, -0.15) is 5.10 Å². The molecule has 1 aromatic rings. The SMILES string of the molecule is CCn1nc(C)c(CCC(C)O)c1C. The fraction of sp³-hybridized carbons (Fsp3) is 0.727. The Bertz CT molecular complexity index is 302. The van der Waals surface area contributed by atoms with E-state index >= 15 is 0 Å². The highest BCUT2D eigenvalue weighted by molar-refractivity contribution is 5.24. The fourth-order valence-electron chi connectivity index (χ4n) is 1.76. The van der Waals surface area contributed by atoms with E-state index in [1.807, 2.05) is 18.5 Å². The van der Waals surface area contributed by atoms with Crippen LogP contribution in [0.3, 0.4) is 0 Å². The highest BCUT2D eigenvalue weighted by atomic mass is 16.3. The van der Waals surface area contributed by atoms with Crippen molar-refractivity contribution in [3.8, 4) is 0 Å². The Hall–Kier alpha value is -0.830. The van der Waals surface area contributed by atoms with E-state index in [1.54, 1.807) is 0 Å². The third kappa shape index (κ3) is 2.35. The summed E-state index contributed by atoms with van der Waals surface area (Å²) in [6, 6.07) is 0. The molecule has 3 heteroatoms. The summed E-state index contributed by atoms with van der Waals surface area (Å²) in [6.07, 6.45) is 1.52. The highest BCUT2D eigenvalue weighted by Gasteiger charge is 2.10. The lowest BCUT2D eigenvalue weighted by Crippen LogP contribution is -2.03. The van der Waals surface area contributed by atoms with Crippen molar-refractivity contribution in [3.05, 3.63) is 17.0 Å². The molecular weight excluding hydrogens is 176 g/mol. The minimum Gasteiger partial charge on any atom is -0.393 e. The molecule has 0 aliphatic carbocycles. The van der Waals surface area contributed by atoms with Crippen LogP contribution in [0.4, 0.5) is 0 Å². The van der Waals surface area contributed by atoms with Gasteiger partial charge in [-0.15, -0.1) is 0 Å². The smallest absolute Gasteiger partial charge is 0.0628 e. The Labute approximate surface area is 85.8 Å². The molecule has 1 rings (SSSR count). The maximum absolute atomic E-state index is 9.23. The second-order valence-electron chi connectivity index (χ2n) is 3.85. The van der Waals surface area contributed by atoms with Gasteiger partial charge in [0.05, 0.1) is 11.8 Å². The van der Waals surface area contributed by atoms with Gasteiger partial charge in [-0.05, 0) is 46.1 Å². The molecule has 0 amide bonds. The van der Waals surface area contributed by atoms with Gasteiger partial charge in [-0.25, -0.2) is 0 Å². The highest BCUT2D eigenvalue weighted by Crippen LogP contribution is 2.15. The van der Waals surface area contributed by atoms with Crippen LogP contribution in [0.5, 0.6) is 0 Å². The van der Waals surface area contributed by atoms with Gasteiger partial charge in [0.15, 0.2) is 0 Å². The van der Waals surface area contributed by atoms with Gasteiger partial charge < -0.3 is 5.11 Å². The first-order valence-electron chi connectivity index (χ1n) is 5.27. The minimum absolute atomic E-state index is 0.223. The Morgan fingerprint density at radius 1 is 1.43 bits per heavy atom. The van der Waals surface area contributed by atoms with Crippen LogP contribution in [0.2, 0.25) is 0 Å². The van der Waals surface area contributed by atoms with E-state index in [-0.39, 0.29) is 6.10 Å². The van der Waals surface area contributed by atoms with E-state index < -0.39 is 0 Å². The summed E-state index contributed by atoms with van der Waals surface area (Å²) in [6.45, 7) is 8.98. The quantitative estimate of drug-likeness (QED) is 0.798. The molecule has 80 valence electrons. The summed E-state index contributed by atoms with van der Waals surface area (Å²) in [5, 5.41) is 13.7. The molecule has 0 bridgehead atoms. The molecule has 0 spiro atoms. The van der Waals surface area contributed by atoms with Crippen LogP contribution in [-0.2, 0) is 13.0 Å². The monoisotopic (exact) mass is 196 g/mol. The molecular formula is C11H20N2O. The molecule has 0 fully saturated rings. The molecule has 0 saturated carbocycles. The third-order valence-corrected chi connectivity index (χ3v) is 2.64. The number of hydrogen-bond donors (Lipinski definition) is 1. The molecule has 0 aliphatic rings. The molecule has 14 heavy (non-hydrogen) atoms. The molecule has 0 radical (unpaired) electrons. The summed E-state index contributed by atoms with van der Waals surface area (Å²) in [5.41, 5.74) is 3.64. The summed E-state index contributed by atoms with van der Waals surface area (Å²) in [7, 11) is 0. The van der Waals surface area contributed by atoms with Gasteiger partial charge in [-0.3, -0.25) is 4.68 Å². The predicted molar refractivity (Wildman–Crippen MR) is 57.4 cm³/mol. The normalized spacial score (nSPS) is 13.2. The lowest BCUT2D eigenvalue weighted by atomic mass is 10.1. The van der Waals surface area contributed by atoms with Crippen molar-refractivity contribution < 1.29 is 5.11 Å². The number of aliphatic hydroxyl groups is 1. The summed E-state index contributed by atoms with van der Waals surface area (Å²) in [5.74, 6) is 0. The van der Waals surface area contributed by atoms with Crippen molar-refractivity contribution >= 4 is 0 Å². The lowest BCUT2D eigenvalue weighted by molar-refractivity contribution is 0.185. The predicted octanol–water partition coefficient (Wildman–Crippen LogP) is 1.83. The van der Waals surface area contributed by atoms with E-state index in [0.29, 0.717) is 0 Å². The van der Waals surface area contributed by atoms with Crippen LogP contribution >= 0.6 is 0 Å². The molecule has 1 aromatic heterocycles. The second-order valence-corrected chi connectivity index (χ2v) is 3.85. The number of aliphatic hydroxyl groups excluding tert-OH is 1. The van der Waals surface area contributed by atoms with Gasteiger partial charge in [0, 0.05) is 12.2 Å². The van der Waals surface area contributed by atoms with Crippen molar-refractivity contribution in [3.63, 3.8) is 0 Å². The number of aryl methyl sites for hydroxylation is 2. The van der Waals surface area contributed by atoms with Gasteiger partial charge in [0.1, 0.15) is 0 Å². The molecule has 3 nitrogen and oxygen atoms in total. The van der Waals surface area contributed by atoms with Crippen LogP contribution < -0.4 is 0 Å². The standard InChI is InChI=1S/C11H20N2O/c1-5-13-10(4)11(9(3)12-13)7-6-8(2)14/h8,14H,5-7H2,1-4H3. The molecule has 1 unspecified atom stereocenters. The first-order chi connectivity index (χ1) is 6.56. The van der Waals surface area contributed by atoms with Gasteiger partial charge >= 0.3 is 0 Å². The zero-order chi connectivity index (χ0) is 10.7. The average Bonchev–Trinajstić information content (AvgIpc) is 2.39. The average molecular weight is 196 g/mol. The molecule has 0 aromatic carbocycles. The van der Waals surface area contributed by atoms with Crippen molar-refractivity contribution in [1.82, 2.24) is 9.78 Å². The summed E-state index contributed by atoms with van der Waals surface area (Å²) < 4.78 is 2.02. The Balaban J connectivity index is 2.80. The van der Waals surface area contributed by atoms with E-state index in [4.69, 9.17) is 0 Å². The van der Waals surface area contributed by atoms with Crippen LogP contribution in [0.1, 0.15) is 37.2 Å². The summed E-state index contributed by atoms with van der Waals surface area (Å²) in [4.78, 5) is 0. The molecule has 0 saturated heterocycles. The zero-order valence-electron chi connectivity index (χ0n) is 9.54. The lowest BCUT2D eigenvalue weighted by Gasteiger charge is -2.04. The van der Waals surface area contributed by atoms with Crippen molar-refractivity contribution in [1.29, 1.82) is 0 Å². The maximum Gasteiger partial charge on any atom is 0.0628 e. The van der Waals surface area contributed by atoms with E-state index in [2.05, 4.69) is 18.9 Å². The van der Waals surface area contributed by atoms with E-state index in [0.717, 1.165) is 25.1 Å². The number of rotatable bonds is 4. The van der Waals surface area contributed by atoms with Crippen LogP contribution in [0.25, 0.3) is 0 Å². The van der Waals surface area contributed by atoms with Crippen molar-refractivity contribution in [2.45, 2.75) is 53.2 Å². The molecule has 1 N–H and O–H groups in total. The first-order valence-corrected chi connectivity index (χ1v) is 5.27. The van der Waals surface area contributed by atoms with Gasteiger partial charge in [0.2, 0.25) is 0 Å².